The van der Waals surface area contributed by atoms with E-state index in [1.165, 1.54) is 45.2 Å². The molecule has 0 aliphatic carbocycles. The second-order valence-corrected chi connectivity index (χ2v) is 7.24. The topological polar surface area (TPSA) is 35.7 Å². The summed E-state index contributed by atoms with van der Waals surface area (Å²) < 4.78 is 0. The predicted octanol–water partition coefficient (Wildman–Crippen LogP) is 0.576. The Morgan fingerprint density at radius 1 is 1.16 bits per heavy atom. The zero-order valence-electron chi connectivity index (χ0n) is 12.8. The lowest BCUT2D eigenvalue weighted by atomic mass is 9.81. The van der Waals surface area contributed by atoms with Crippen LogP contribution in [0.1, 0.15) is 32.1 Å². The molecular weight excluding hydrogens is 236 g/mol. The van der Waals surface area contributed by atoms with Crippen molar-refractivity contribution in [2.75, 3.05) is 40.8 Å². The number of hydrogen-bond acceptors (Lipinski definition) is 4. The SMILES string of the molecule is CN(C)C1CCN(C2(CN)CC3CCC(C2)N3C)C1. The fourth-order valence-electron chi connectivity index (χ4n) is 4.69. The average Bonchev–Trinajstić information content (AvgIpc) is 2.94. The van der Waals surface area contributed by atoms with Crippen LogP contribution in [0.5, 0.6) is 0 Å². The van der Waals surface area contributed by atoms with E-state index in [-0.39, 0.29) is 0 Å². The molecule has 3 aliphatic rings. The normalized spacial score (nSPS) is 44.4. The number of piperidine rings is 1. The van der Waals surface area contributed by atoms with Gasteiger partial charge in [-0.1, -0.05) is 0 Å². The van der Waals surface area contributed by atoms with Crippen molar-refractivity contribution in [1.29, 1.82) is 0 Å². The number of rotatable bonds is 3. The van der Waals surface area contributed by atoms with Gasteiger partial charge in [-0.2, -0.15) is 0 Å². The van der Waals surface area contributed by atoms with E-state index in [1.54, 1.807) is 0 Å². The molecule has 0 aromatic heterocycles. The van der Waals surface area contributed by atoms with Crippen molar-refractivity contribution in [2.24, 2.45) is 5.73 Å². The van der Waals surface area contributed by atoms with Gasteiger partial charge in [0.25, 0.3) is 0 Å². The van der Waals surface area contributed by atoms with Crippen molar-refractivity contribution in [3.63, 3.8) is 0 Å². The summed E-state index contributed by atoms with van der Waals surface area (Å²) in [5.41, 5.74) is 6.56. The van der Waals surface area contributed by atoms with Crippen LogP contribution in [0.4, 0.5) is 0 Å². The van der Waals surface area contributed by atoms with E-state index in [0.717, 1.165) is 24.7 Å². The van der Waals surface area contributed by atoms with Crippen LogP contribution in [0, 0.1) is 0 Å². The van der Waals surface area contributed by atoms with Crippen LogP contribution in [0.3, 0.4) is 0 Å². The van der Waals surface area contributed by atoms with E-state index in [2.05, 4.69) is 35.8 Å². The molecular formula is C15H30N4. The zero-order valence-corrected chi connectivity index (χ0v) is 12.8. The summed E-state index contributed by atoms with van der Waals surface area (Å²) in [5, 5.41) is 0. The molecule has 0 radical (unpaired) electrons. The fourth-order valence-corrected chi connectivity index (χ4v) is 4.69. The second-order valence-electron chi connectivity index (χ2n) is 7.24. The third-order valence-corrected chi connectivity index (χ3v) is 6.16. The van der Waals surface area contributed by atoms with E-state index in [1.807, 2.05) is 0 Å². The van der Waals surface area contributed by atoms with Gasteiger partial charge in [0.1, 0.15) is 0 Å². The third-order valence-electron chi connectivity index (χ3n) is 6.16. The Kier molecular flexibility index (Phi) is 3.63. The van der Waals surface area contributed by atoms with Gasteiger partial charge >= 0.3 is 0 Å². The molecule has 2 bridgehead atoms. The van der Waals surface area contributed by atoms with E-state index in [4.69, 9.17) is 5.73 Å². The number of likely N-dealkylation sites (tertiary alicyclic amines) is 1. The minimum atomic E-state index is 0.295. The van der Waals surface area contributed by atoms with Crippen molar-refractivity contribution < 1.29 is 0 Å². The molecule has 3 rings (SSSR count). The van der Waals surface area contributed by atoms with Gasteiger partial charge in [0.15, 0.2) is 0 Å². The molecule has 3 fully saturated rings. The van der Waals surface area contributed by atoms with Crippen molar-refractivity contribution in [2.45, 2.75) is 55.8 Å². The van der Waals surface area contributed by atoms with Crippen LogP contribution in [0.15, 0.2) is 0 Å². The highest BCUT2D eigenvalue weighted by Crippen LogP contribution is 2.43. The Hall–Kier alpha value is -0.160. The first-order valence-corrected chi connectivity index (χ1v) is 7.89. The van der Waals surface area contributed by atoms with Crippen LogP contribution in [0.2, 0.25) is 0 Å². The van der Waals surface area contributed by atoms with Gasteiger partial charge in [0, 0.05) is 43.3 Å². The number of nitrogens with two attached hydrogens (primary N) is 1. The van der Waals surface area contributed by atoms with Crippen LogP contribution in [-0.4, -0.2) is 79.1 Å². The Bertz CT molecular complexity index is 316. The quantitative estimate of drug-likeness (QED) is 0.810. The van der Waals surface area contributed by atoms with Gasteiger partial charge in [-0.3, -0.25) is 4.90 Å². The summed E-state index contributed by atoms with van der Waals surface area (Å²) in [4.78, 5) is 7.73. The van der Waals surface area contributed by atoms with Gasteiger partial charge in [-0.15, -0.1) is 0 Å². The maximum Gasteiger partial charge on any atom is 0.0362 e. The highest BCUT2D eigenvalue weighted by Gasteiger charge is 2.50. The molecule has 0 aromatic rings. The summed E-state index contributed by atoms with van der Waals surface area (Å²) in [6.07, 6.45) is 6.65. The largest absolute Gasteiger partial charge is 0.329 e. The Morgan fingerprint density at radius 3 is 2.26 bits per heavy atom. The highest BCUT2D eigenvalue weighted by atomic mass is 15.3. The average molecular weight is 266 g/mol. The molecule has 4 nitrogen and oxygen atoms in total. The molecule has 19 heavy (non-hydrogen) atoms. The molecule has 4 heteroatoms. The molecule has 3 aliphatic heterocycles. The maximum absolute atomic E-state index is 6.26. The van der Waals surface area contributed by atoms with Crippen LogP contribution in [0.25, 0.3) is 0 Å². The molecule has 0 spiro atoms. The summed E-state index contributed by atoms with van der Waals surface area (Å²) in [5.74, 6) is 0. The van der Waals surface area contributed by atoms with Gasteiger partial charge < -0.3 is 15.5 Å². The minimum absolute atomic E-state index is 0.295. The fraction of sp³-hybridized carbons (Fsp3) is 1.00. The van der Waals surface area contributed by atoms with Crippen molar-refractivity contribution in [1.82, 2.24) is 14.7 Å². The van der Waals surface area contributed by atoms with Crippen LogP contribution in [-0.2, 0) is 0 Å². The number of fused-ring (bicyclic) bond motifs is 2. The van der Waals surface area contributed by atoms with Gasteiger partial charge in [0.05, 0.1) is 0 Å². The van der Waals surface area contributed by atoms with Crippen LogP contribution < -0.4 is 5.73 Å². The smallest absolute Gasteiger partial charge is 0.0362 e. The summed E-state index contributed by atoms with van der Waals surface area (Å²) in [6, 6.07) is 2.28. The molecule has 0 saturated carbocycles. The van der Waals surface area contributed by atoms with Gasteiger partial charge in [0.2, 0.25) is 0 Å². The highest BCUT2D eigenvalue weighted by molar-refractivity contribution is 5.08. The van der Waals surface area contributed by atoms with E-state index in [9.17, 15) is 0 Å². The number of hydrogen-bond donors (Lipinski definition) is 1. The second kappa shape index (κ2) is 4.99. The van der Waals surface area contributed by atoms with Crippen molar-refractivity contribution in [3.8, 4) is 0 Å². The molecule has 3 saturated heterocycles. The van der Waals surface area contributed by atoms with Crippen LogP contribution >= 0.6 is 0 Å². The van der Waals surface area contributed by atoms with E-state index in [0.29, 0.717) is 5.54 Å². The van der Waals surface area contributed by atoms with Gasteiger partial charge in [-0.05, 0) is 53.2 Å². The Balaban J connectivity index is 1.74. The summed E-state index contributed by atoms with van der Waals surface area (Å²) >= 11 is 0. The monoisotopic (exact) mass is 266 g/mol. The molecule has 110 valence electrons. The first-order chi connectivity index (χ1) is 9.05. The summed E-state index contributed by atoms with van der Waals surface area (Å²) in [6.45, 7) is 3.30. The first-order valence-electron chi connectivity index (χ1n) is 7.89. The Labute approximate surface area is 117 Å². The number of nitrogens with zero attached hydrogens (tertiary/aromatic N) is 3. The molecule has 0 aromatic carbocycles. The first kappa shape index (κ1) is 13.8. The van der Waals surface area contributed by atoms with Crippen molar-refractivity contribution in [3.05, 3.63) is 0 Å². The minimum Gasteiger partial charge on any atom is -0.329 e. The number of likely N-dealkylation sites (N-methyl/N-ethyl adjacent to an activating group) is 1. The third kappa shape index (κ3) is 2.23. The molecule has 2 N–H and O–H groups in total. The lowest BCUT2D eigenvalue weighted by Crippen LogP contribution is -2.61. The molecule has 3 unspecified atom stereocenters. The standard InChI is InChI=1S/C15H30N4/c1-17(2)14-6-7-19(10-14)15(11-16)8-12-4-5-13(9-15)18(12)3/h12-14H,4-11,16H2,1-3H3. The molecule has 3 heterocycles. The summed E-state index contributed by atoms with van der Waals surface area (Å²) in [7, 11) is 6.73. The molecule has 3 atom stereocenters. The Morgan fingerprint density at radius 2 is 1.79 bits per heavy atom. The zero-order chi connectivity index (χ0) is 13.6. The predicted molar refractivity (Wildman–Crippen MR) is 79.3 cm³/mol. The lowest BCUT2D eigenvalue weighted by molar-refractivity contribution is 0.0117. The lowest BCUT2D eigenvalue weighted by Gasteiger charge is -2.50. The van der Waals surface area contributed by atoms with E-state index >= 15 is 0 Å². The van der Waals surface area contributed by atoms with Gasteiger partial charge in [-0.25, -0.2) is 0 Å². The maximum atomic E-state index is 6.26. The van der Waals surface area contributed by atoms with E-state index < -0.39 is 0 Å². The molecule has 0 amide bonds. The van der Waals surface area contributed by atoms with Crippen molar-refractivity contribution >= 4 is 0 Å².